The number of carboxylic acids is 1. The van der Waals surface area contributed by atoms with Crippen LogP contribution in [0, 0.1) is 0 Å². The van der Waals surface area contributed by atoms with Gasteiger partial charge < -0.3 is 10.4 Å². The summed E-state index contributed by atoms with van der Waals surface area (Å²) in [7, 11) is 0. The number of benzene rings is 1. The molecule has 1 fully saturated rings. The van der Waals surface area contributed by atoms with Crippen LogP contribution in [-0.2, 0) is 13.1 Å². The van der Waals surface area contributed by atoms with E-state index in [4.69, 9.17) is 5.11 Å². The van der Waals surface area contributed by atoms with Crippen molar-refractivity contribution < 1.29 is 9.90 Å². The van der Waals surface area contributed by atoms with E-state index in [2.05, 4.69) is 10.2 Å². The third-order valence-electron chi connectivity index (χ3n) is 4.45. The first-order chi connectivity index (χ1) is 9.72. The Balaban J connectivity index is 1.55. The second-order valence-electron chi connectivity index (χ2n) is 5.93. The lowest BCUT2D eigenvalue weighted by Crippen LogP contribution is -2.36. The molecule has 0 radical (unpaired) electrons. The summed E-state index contributed by atoms with van der Waals surface area (Å²) in [5.74, 6) is -0.836. The van der Waals surface area contributed by atoms with Crippen molar-refractivity contribution in [2.24, 2.45) is 0 Å². The number of rotatable bonds is 4. The van der Waals surface area contributed by atoms with Crippen molar-refractivity contribution in [2.45, 2.75) is 44.8 Å². The van der Waals surface area contributed by atoms with Crippen molar-refractivity contribution in [2.75, 3.05) is 13.1 Å². The molecule has 0 amide bonds. The molecule has 4 heteroatoms. The van der Waals surface area contributed by atoms with E-state index < -0.39 is 5.97 Å². The Labute approximate surface area is 119 Å². The van der Waals surface area contributed by atoms with E-state index in [1.54, 1.807) is 6.07 Å². The number of aromatic carboxylic acids is 1. The van der Waals surface area contributed by atoms with Gasteiger partial charge in [-0.25, -0.2) is 4.79 Å². The lowest BCUT2D eigenvalue weighted by Gasteiger charge is -2.25. The van der Waals surface area contributed by atoms with Crippen LogP contribution in [0.4, 0.5) is 0 Å². The molecule has 1 aromatic carbocycles. The second kappa shape index (κ2) is 5.94. The van der Waals surface area contributed by atoms with Gasteiger partial charge in [0.25, 0.3) is 0 Å². The van der Waals surface area contributed by atoms with Crippen LogP contribution in [0.25, 0.3) is 0 Å². The number of hydrogen-bond acceptors (Lipinski definition) is 3. The predicted molar refractivity (Wildman–Crippen MR) is 77.8 cm³/mol. The molecular formula is C16H22N2O2. The molecule has 3 rings (SSSR count). The summed E-state index contributed by atoms with van der Waals surface area (Å²) < 4.78 is 0. The summed E-state index contributed by atoms with van der Waals surface area (Å²) in [6.07, 6.45) is 5.15. The predicted octanol–water partition coefficient (Wildman–Crippen LogP) is 2.23. The first-order valence-corrected chi connectivity index (χ1v) is 7.53. The minimum Gasteiger partial charge on any atom is -0.478 e. The minimum absolute atomic E-state index is 0.402. The zero-order valence-corrected chi connectivity index (χ0v) is 11.8. The van der Waals surface area contributed by atoms with E-state index in [9.17, 15) is 4.79 Å². The standard InChI is InChI=1S/C16H22N2O2/c19-16(20)12-4-5-13-10-18(11-14(13)9-12)8-6-15-3-1-2-7-17-15/h4-5,9,15,17H,1-3,6-8,10-11H2,(H,19,20). The third-order valence-corrected chi connectivity index (χ3v) is 4.45. The van der Waals surface area contributed by atoms with Gasteiger partial charge in [0, 0.05) is 25.7 Å². The molecule has 1 atom stereocenters. The molecule has 0 bridgehead atoms. The van der Waals surface area contributed by atoms with E-state index in [-0.39, 0.29) is 0 Å². The third kappa shape index (κ3) is 3.02. The first-order valence-electron chi connectivity index (χ1n) is 7.53. The van der Waals surface area contributed by atoms with E-state index in [0.717, 1.165) is 26.2 Å². The molecule has 4 nitrogen and oxygen atoms in total. The molecule has 2 heterocycles. The van der Waals surface area contributed by atoms with Gasteiger partial charge in [-0.05, 0) is 49.1 Å². The average Bonchev–Trinajstić information content (AvgIpc) is 2.88. The van der Waals surface area contributed by atoms with E-state index >= 15 is 0 Å². The summed E-state index contributed by atoms with van der Waals surface area (Å²) in [6, 6.07) is 6.18. The number of piperidine rings is 1. The van der Waals surface area contributed by atoms with Gasteiger partial charge in [0.2, 0.25) is 0 Å². The number of nitrogens with zero attached hydrogens (tertiary/aromatic N) is 1. The van der Waals surface area contributed by atoms with Crippen molar-refractivity contribution in [3.05, 3.63) is 34.9 Å². The van der Waals surface area contributed by atoms with Gasteiger partial charge in [-0.2, -0.15) is 0 Å². The average molecular weight is 274 g/mol. The Hall–Kier alpha value is -1.39. The highest BCUT2D eigenvalue weighted by molar-refractivity contribution is 5.87. The van der Waals surface area contributed by atoms with Crippen LogP contribution in [0.1, 0.15) is 47.2 Å². The van der Waals surface area contributed by atoms with Crippen LogP contribution >= 0.6 is 0 Å². The van der Waals surface area contributed by atoms with Crippen LogP contribution in [0.15, 0.2) is 18.2 Å². The summed E-state index contributed by atoms with van der Waals surface area (Å²) in [5.41, 5.74) is 2.87. The Morgan fingerprint density at radius 1 is 1.30 bits per heavy atom. The van der Waals surface area contributed by atoms with Crippen molar-refractivity contribution in [1.29, 1.82) is 0 Å². The number of carbonyl (C=O) groups is 1. The van der Waals surface area contributed by atoms with Gasteiger partial charge >= 0.3 is 5.97 Å². The highest BCUT2D eigenvalue weighted by Crippen LogP contribution is 2.24. The number of carboxylic acid groups (broad SMARTS) is 1. The molecule has 1 saturated heterocycles. The lowest BCUT2D eigenvalue weighted by atomic mass is 10.0. The molecule has 2 aliphatic rings. The number of nitrogens with one attached hydrogen (secondary N) is 1. The maximum atomic E-state index is 11.0. The lowest BCUT2D eigenvalue weighted by molar-refractivity contribution is 0.0696. The zero-order valence-electron chi connectivity index (χ0n) is 11.8. The fourth-order valence-corrected chi connectivity index (χ4v) is 3.27. The molecule has 1 unspecified atom stereocenters. The van der Waals surface area contributed by atoms with Gasteiger partial charge in [-0.15, -0.1) is 0 Å². The Kier molecular flexibility index (Phi) is 4.03. The molecule has 0 aliphatic carbocycles. The Bertz CT molecular complexity index is 495. The smallest absolute Gasteiger partial charge is 0.335 e. The van der Waals surface area contributed by atoms with E-state index in [1.807, 2.05) is 12.1 Å². The van der Waals surface area contributed by atoms with Crippen LogP contribution < -0.4 is 5.32 Å². The van der Waals surface area contributed by atoms with Gasteiger partial charge in [-0.1, -0.05) is 12.5 Å². The van der Waals surface area contributed by atoms with Crippen molar-refractivity contribution in [1.82, 2.24) is 10.2 Å². The summed E-state index contributed by atoms with van der Waals surface area (Å²) in [4.78, 5) is 13.4. The fraction of sp³-hybridized carbons (Fsp3) is 0.562. The van der Waals surface area contributed by atoms with E-state index in [1.165, 1.54) is 36.8 Å². The molecule has 20 heavy (non-hydrogen) atoms. The van der Waals surface area contributed by atoms with Gasteiger partial charge in [0.1, 0.15) is 0 Å². The van der Waals surface area contributed by atoms with Crippen molar-refractivity contribution >= 4 is 5.97 Å². The molecule has 0 aromatic heterocycles. The fourth-order valence-electron chi connectivity index (χ4n) is 3.27. The maximum Gasteiger partial charge on any atom is 0.335 e. The maximum absolute atomic E-state index is 11.0. The van der Waals surface area contributed by atoms with Crippen molar-refractivity contribution in [3.8, 4) is 0 Å². The Morgan fingerprint density at radius 3 is 2.90 bits per heavy atom. The summed E-state index contributed by atoms with van der Waals surface area (Å²) in [6.45, 7) is 4.10. The molecular weight excluding hydrogens is 252 g/mol. The molecule has 0 saturated carbocycles. The molecule has 108 valence electrons. The van der Waals surface area contributed by atoms with Crippen LogP contribution in [-0.4, -0.2) is 35.1 Å². The number of hydrogen-bond donors (Lipinski definition) is 2. The first kappa shape index (κ1) is 13.6. The van der Waals surface area contributed by atoms with E-state index in [0.29, 0.717) is 11.6 Å². The Morgan fingerprint density at radius 2 is 2.15 bits per heavy atom. The SMILES string of the molecule is O=C(O)c1ccc2c(c1)CN(CCC1CCCCN1)C2. The molecule has 2 aliphatic heterocycles. The normalized spacial score (nSPS) is 22.7. The van der Waals surface area contributed by atoms with Crippen LogP contribution in [0.2, 0.25) is 0 Å². The monoisotopic (exact) mass is 274 g/mol. The quantitative estimate of drug-likeness (QED) is 0.884. The molecule has 1 aromatic rings. The highest BCUT2D eigenvalue weighted by Gasteiger charge is 2.21. The molecule has 2 N–H and O–H groups in total. The van der Waals surface area contributed by atoms with Crippen molar-refractivity contribution in [3.63, 3.8) is 0 Å². The summed E-state index contributed by atoms with van der Waals surface area (Å²) in [5, 5.41) is 12.6. The van der Waals surface area contributed by atoms with Crippen LogP contribution in [0.3, 0.4) is 0 Å². The topological polar surface area (TPSA) is 52.6 Å². The number of fused-ring (bicyclic) bond motifs is 1. The largest absolute Gasteiger partial charge is 0.478 e. The molecule has 0 spiro atoms. The summed E-state index contributed by atoms with van der Waals surface area (Å²) >= 11 is 0. The van der Waals surface area contributed by atoms with Crippen LogP contribution in [0.5, 0.6) is 0 Å². The van der Waals surface area contributed by atoms with Gasteiger partial charge in [0.15, 0.2) is 0 Å². The zero-order chi connectivity index (χ0) is 13.9. The van der Waals surface area contributed by atoms with Gasteiger partial charge in [-0.3, -0.25) is 4.90 Å². The minimum atomic E-state index is -0.836. The van der Waals surface area contributed by atoms with Gasteiger partial charge in [0.05, 0.1) is 5.56 Å². The highest BCUT2D eigenvalue weighted by atomic mass is 16.4. The second-order valence-corrected chi connectivity index (χ2v) is 5.93.